The van der Waals surface area contributed by atoms with E-state index in [0.29, 0.717) is 11.3 Å². The van der Waals surface area contributed by atoms with Crippen molar-refractivity contribution in [3.05, 3.63) is 58.7 Å². The van der Waals surface area contributed by atoms with E-state index in [-0.39, 0.29) is 24.1 Å². The first-order valence-electron chi connectivity index (χ1n) is 9.70. The Morgan fingerprint density at radius 3 is 2.03 bits per heavy atom. The van der Waals surface area contributed by atoms with E-state index in [2.05, 4.69) is 10.6 Å². The zero-order valence-corrected chi connectivity index (χ0v) is 18.0. The van der Waals surface area contributed by atoms with Crippen LogP contribution in [0.15, 0.2) is 36.4 Å². The van der Waals surface area contributed by atoms with Crippen molar-refractivity contribution in [1.82, 2.24) is 0 Å². The number of amides is 2. The summed E-state index contributed by atoms with van der Waals surface area (Å²) in [4.78, 5) is 37.2. The fraction of sp³-hybridized carbons (Fsp3) is 0.348. The van der Waals surface area contributed by atoms with Crippen molar-refractivity contribution < 1.29 is 19.3 Å². The molecule has 154 valence electrons. The van der Waals surface area contributed by atoms with E-state index in [1.807, 2.05) is 40.0 Å². The van der Waals surface area contributed by atoms with Crippen molar-refractivity contribution in [2.75, 3.05) is 24.2 Å². The molecule has 0 spiro atoms. The molecule has 0 aromatic heterocycles. The number of quaternary nitrogens is 1. The van der Waals surface area contributed by atoms with Crippen LogP contribution in [-0.4, -0.2) is 37.2 Å². The summed E-state index contributed by atoms with van der Waals surface area (Å²) in [6, 6.07) is 10.4. The Morgan fingerprint density at radius 2 is 1.52 bits per heavy atom. The van der Waals surface area contributed by atoms with Gasteiger partial charge >= 0.3 is 0 Å². The quantitative estimate of drug-likeness (QED) is 0.629. The molecule has 2 amide bonds. The Morgan fingerprint density at radius 1 is 0.966 bits per heavy atom. The fourth-order valence-corrected chi connectivity index (χ4v) is 3.23. The fourth-order valence-electron chi connectivity index (χ4n) is 3.23. The SMILES string of the molecule is CC(=O)c1ccc(NC(=O)[C@@H](C)[NH+](C)CC(=O)Nc2c(C)cc(C)cc2C)cc1. The standard InChI is InChI=1S/C23H29N3O3/c1-14-11-15(2)22(16(3)12-14)25-21(28)13-26(6)17(4)23(29)24-20-9-7-19(8-10-20)18(5)27/h7-12,17H,13H2,1-6H3,(H,24,29)(H,25,28)/p+1/t17-/m1/s1. The zero-order chi connectivity index (χ0) is 21.7. The number of carbonyl (C=O) groups excluding carboxylic acids is 3. The highest BCUT2D eigenvalue weighted by molar-refractivity contribution is 5.97. The van der Waals surface area contributed by atoms with Gasteiger partial charge in [0.2, 0.25) is 0 Å². The number of hydrogen-bond donors (Lipinski definition) is 3. The van der Waals surface area contributed by atoms with Crippen LogP contribution in [0, 0.1) is 20.8 Å². The van der Waals surface area contributed by atoms with Gasteiger partial charge in [-0.15, -0.1) is 0 Å². The molecule has 0 saturated heterocycles. The summed E-state index contributed by atoms with van der Waals surface area (Å²) in [6.07, 6.45) is 0. The Labute approximate surface area is 172 Å². The van der Waals surface area contributed by atoms with Gasteiger partial charge in [0.15, 0.2) is 18.4 Å². The molecule has 2 aromatic rings. The molecule has 0 heterocycles. The van der Waals surface area contributed by atoms with Crippen molar-refractivity contribution in [1.29, 1.82) is 0 Å². The second kappa shape index (κ2) is 9.47. The predicted molar refractivity (Wildman–Crippen MR) is 116 cm³/mol. The lowest BCUT2D eigenvalue weighted by molar-refractivity contribution is -0.885. The van der Waals surface area contributed by atoms with Gasteiger partial charge in [-0.05, 0) is 70.0 Å². The highest BCUT2D eigenvalue weighted by atomic mass is 16.2. The number of hydrogen-bond acceptors (Lipinski definition) is 3. The van der Waals surface area contributed by atoms with Crippen LogP contribution in [0.3, 0.4) is 0 Å². The van der Waals surface area contributed by atoms with Gasteiger partial charge in [0.25, 0.3) is 11.8 Å². The highest BCUT2D eigenvalue weighted by Gasteiger charge is 2.24. The molecule has 0 radical (unpaired) electrons. The molecule has 1 unspecified atom stereocenters. The normalized spacial score (nSPS) is 12.8. The third-order valence-corrected chi connectivity index (χ3v) is 5.07. The maximum absolute atomic E-state index is 12.5. The number of nitrogens with one attached hydrogen (secondary N) is 3. The molecule has 2 rings (SSSR count). The molecule has 0 bridgehead atoms. The number of carbonyl (C=O) groups is 3. The first-order chi connectivity index (χ1) is 13.6. The van der Waals surface area contributed by atoms with Crippen LogP contribution >= 0.6 is 0 Å². The average molecular weight is 397 g/mol. The smallest absolute Gasteiger partial charge is 0.282 e. The molecule has 6 heteroatoms. The van der Waals surface area contributed by atoms with Crippen LogP contribution < -0.4 is 15.5 Å². The van der Waals surface area contributed by atoms with Gasteiger partial charge in [0.05, 0.1) is 7.05 Å². The van der Waals surface area contributed by atoms with Crippen LogP contribution in [0.25, 0.3) is 0 Å². The molecule has 3 N–H and O–H groups in total. The second-order valence-corrected chi connectivity index (χ2v) is 7.69. The molecule has 6 nitrogen and oxygen atoms in total. The van der Waals surface area contributed by atoms with E-state index in [4.69, 9.17) is 0 Å². The van der Waals surface area contributed by atoms with E-state index in [1.165, 1.54) is 6.92 Å². The van der Waals surface area contributed by atoms with Gasteiger partial charge in [0.1, 0.15) is 0 Å². The van der Waals surface area contributed by atoms with E-state index in [1.54, 1.807) is 31.2 Å². The second-order valence-electron chi connectivity index (χ2n) is 7.69. The topological polar surface area (TPSA) is 79.7 Å². The van der Waals surface area contributed by atoms with E-state index in [0.717, 1.165) is 27.3 Å². The van der Waals surface area contributed by atoms with Gasteiger partial charge in [-0.3, -0.25) is 14.4 Å². The monoisotopic (exact) mass is 396 g/mol. The van der Waals surface area contributed by atoms with Gasteiger partial charge in [-0.1, -0.05) is 17.7 Å². The Kier molecular flexibility index (Phi) is 7.29. The van der Waals surface area contributed by atoms with Crippen molar-refractivity contribution >= 4 is 29.0 Å². The van der Waals surface area contributed by atoms with Crippen molar-refractivity contribution in [2.45, 2.75) is 40.7 Å². The van der Waals surface area contributed by atoms with Crippen LogP contribution in [0.1, 0.15) is 40.9 Å². The molecule has 0 fully saturated rings. The first-order valence-corrected chi connectivity index (χ1v) is 9.70. The summed E-state index contributed by atoms with van der Waals surface area (Å²) in [7, 11) is 1.82. The average Bonchev–Trinajstić information content (AvgIpc) is 2.64. The first kappa shape index (κ1) is 22.3. The molecular formula is C23H30N3O3+. The molecule has 0 aliphatic heterocycles. The zero-order valence-electron chi connectivity index (χ0n) is 18.0. The third-order valence-electron chi connectivity index (χ3n) is 5.07. The summed E-state index contributed by atoms with van der Waals surface area (Å²) >= 11 is 0. The number of Topliss-reactive ketones (excluding diaryl/α,β-unsaturated/α-hetero) is 1. The molecule has 2 atom stereocenters. The Bertz CT molecular complexity index is 896. The summed E-state index contributed by atoms with van der Waals surface area (Å²) in [6.45, 7) is 9.42. The molecule has 0 aliphatic rings. The molecule has 2 aromatic carbocycles. The lowest BCUT2D eigenvalue weighted by atomic mass is 10.1. The van der Waals surface area contributed by atoms with Crippen LogP contribution in [0.4, 0.5) is 11.4 Å². The highest BCUT2D eigenvalue weighted by Crippen LogP contribution is 2.21. The van der Waals surface area contributed by atoms with Gasteiger partial charge in [-0.25, -0.2) is 0 Å². The van der Waals surface area contributed by atoms with Gasteiger partial charge < -0.3 is 15.5 Å². The van der Waals surface area contributed by atoms with Gasteiger partial charge in [-0.2, -0.15) is 0 Å². The molecule has 29 heavy (non-hydrogen) atoms. The van der Waals surface area contributed by atoms with Crippen molar-refractivity contribution in [3.8, 4) is 0 Å². The molecule has 0 aliphatic carbocycles. The minimum absolute atomic E-state index is 0.0227. The van der Waals surface area contributed by atoms with Crippen LogP contribution in [-0.2, 0) is 9.59 Å². The Hall–Kier alpha value is -2.99. The number of likely N-dealkylation sites (N-methyl/N-ethyl adjacent to an activating group) is 1. The lowest BCUT2D eigenvalue weighted by Crippen LogP contribution is -3.14. The minimum Gasteiger partial charge on any atom is -0.321 e. The number of anilines is 2. The van der Waals surface area contributed by atoms with Crippen molar-refractivity contribution in [3.63, 3.8) is 0 Å². The molecule has 0 saturated carbocycles. The predicted octanol–water partition coefficient (Wildman–Crippen LogP) is 2.29. The van der Waals surface area contributed by atoms with E-state index < -0.39 is 6.04 Å². The summed E-state index contributed by atoms with van der Waals surface area (Å²) in [5.74, 6) is -0.345. The number of benzene rings is 2. The van der Waals surface area contributed by atoms with Crippen LogP contribution in [0.5, 0.6) is 0 Å². The summed E-state index contributed by atoms with van der Waals surface area (Å²) < 4.78 is 0. The number of aryl methyl sites for hydroxylation is 3. The van der Waals surface area contributed by atoms with Crippen LogP contribution in [0.2, 0.25) is 0 Å². The maximum atomic E-state index is 12.5. The number of rotatable bonds is 7. The lowest BCUT2D eigenvalue weighted by Gasteiger charge is -2.21. The van der Waals surface area contributed by atoms with E-state index >= 15 is 0 Å². The number of ketones is 1. The summed E-state index contributed by atoms with van der Waals surface area (Å²) in [5, 5.41) is 5.81. The van der Waals surface area contributed by atoms with E-state index in [9.17, 15) is 14.4 Å². The molecular weight excluding hydrogens is 366 g/mol. The summed E-state index contributed by atoms with van der Waals surface area (Å²) in [5.41, 5.74) is 5.24. The largest absolute Gasteiger partial charge is 0.321 e. The maximum Gasteiger partial charge on any atom is 0.282 e. The van der Waals surface area contributed by atoms with Gasteiger partial charge in [0, 0.05) is 16.9 Å². The minimum atomic E-state index is -0.423. The Balaban J connectivity index is 1.95. The van der Waals surface area contributed by atoms with Crippen molar-refractivity contribution in [2.24, 2.45) is 0 Å². The third kappa shape index (κ3) is 5.99.